The summed E-state index contributed by atoms with van der Waals surface area (Å²) in [6.45, 7) is 5.69. The van der Waals surface area contributed by atoms with Gasteiger partial charge in [-0.2, -0.15) is 0 Å². The largest absolute Gasteiger partial charge is 0.481 e. The number of carboxylic acids is 1. The second kappa shape index (κ2) is 10.8. The van der Waals surface area contributed by atoms with E-state index in [2.05, 4.69) is 93.6 Å². The summed E-state index contributed by atoms with van der Waals surface area (Å²) in [7, 11) is 0. The number of nitrogens with zero attached hydrogens (tertiary/aromatic N) is 4. The van der Waals surface area contributed by atoms with Gasteiger partial charge in [-0.25, -0.2) is 4.98 Å². The van der Waals surface area contributed by atoms with Gasteiger partial charge >= 0.3 is 5.97 Å². The number of aliphatic carboxylic acids is 1. The number of fused-ring (bicyclic) bond motifs is 1. The van der Waals surface area contributed by atoms with Crippen LogP contribution in [0.15, 0.2) is 85.2 Å². The van der Waals surface area contributed by atoms with Gasteiger partial charge in [-0.3, -0.25) is 14.6 Å². The van der Waals surface area contributed by atoms with Gasteiger partial charge in [-0.15, -0.1) is 0 Å². The smallest absolute Gasteiger partial charge is 0.303 e. The van der Waals surface area contributed by atoms with E-state index in [4.69, 9.17) is 5.11 Å². The zero-order valence-corrected chi connectivity index (χ0v) is 20.0. The number of hydrogen-bond acceptors (Lipinski definition) is 4. The van der Waals surface area contributed by atoms with Crippen LogP contribution in [0.25, 0.3) is 11.0 Å². The lowest BCUT2D eigenvalue weighted by molar-refractivity contribution is -0.137. The number of imidazole rings is 1. The van der Waals surface area contributed by atoms with Crippen LogP contribution in [0.2, 0.25) is 0 Å². The number of piperazine rings is 1. The summed E-state index contributed by atoms with van der Waals surface area (Å²) in [4.78, 5) is 20.5. The first kappa shape index (κ1) is 23.3. The van der Waals surface area contributed by atoms with Gasteiger partial charge in [-0.1, -0.05) is 66.7 Å². The minimum Gasteiger partial charge on any atom is -0.481 e. The number of carbonyl (C=O) groups is 1. The van der Waals surface area contributed by atoms with Gasteiger partial charge in [0.05, 0.1) is 23.4 Å². The van der Waals surface area contributed by atoms with E-state index < -0.39 is 5.97 Å². The third-order valence-corrected chi connectivity index (χ3v) is 6.88. The monoisotopic (exact) mass is 468 g/mol. The van der Waals surface area contributed by atoms with E-state index in [-0.39, 0.29) is 12.5 Å². The number of aryl methyl sites for hydroxylation is 1. The van der Waals surface area contributed by atoms with Crippen molar-refractivity contribution in [3.05, 3.63) is 102 Å². The lowest BCUT2D eigenvalue weighted by Gasteiger charge is -2.39. The van der Waals surface area contributed by atoms with Crippen molar-refractivity contribution in [2.45, 2.75) is 32.0 Å². The van der Waals surface area contributed by atoms with Crippen molar-refractivity contribution in [1.29, 1.82) is 0 Å². The molecule has 35 heavy (non-hydrogen) atoms. The van der Waals surface area contributed by atoms with E-state index >= 15 is 0 Å². The van der Waals surface area contributed by atoms with E-state index in [9.17, 15) is 4.79 Å². The molecular weight excluding hydrogens is 436 g/mol. The van der Waals surface area contributed by atoms with Gasteiger partial charge in [0.25, 0.3) is 0 Å². The highest BCUT2D eigenvalue weighted by Gasteiger charge is 2.26. The highest BCUT2D eigenvalue weighted by atomic mass is 16.4. The van der Waals surface area contributed by atoms with Crippen molar-refractivity contribution in [3.8, 4) is 0 Å². The van der Waals surface area contributed by atoms with Crippen LogP contribution in [0.5, 0.6) is 0 Å². The summed E-state index contributed by atoms with van der Waals surface area (Å²) >= 11 is 0. The molecule has 1 saturated heterocycles. The molecule has 3 aromatic carbocycles. The third kappa shape index (κ3) is 5.61. The molecule has 4 aromatic rings. The van der Waals surface area contributed by atoms with E-state index in [0.717, 1.165) is 43.8 Å². The van der Waals surface area contributed by atoms with Crippen LogP contribution < -0.4 is 0 Å². The normalized spacial score (nSPS) is 15.1. The number of benzene rings is 3. The Kier molecular flexibility index (Phi) is 7.21. The summed E-state index contributed by atoms with van der Waals surface area (Å²) in [6.07, 6.45) is 2.61. The van der Waals surface area contributed by atoms with E-state index in [1.165, 1.54) is 16.7 Å². The molecule has 6 heteroatoms. The van der Waals surface area contributed by atoms with Gasteiger partial charge < -0.3 is 9.67 Å². The molecule has 2 heterocycles. The fourth-order valence-electron chi connectivity index (χ4n) is 5.11. The first-order chi connectivity index (χ1) is 17.2. The molecule has 0 aliphatic carbocycles. The number of carboxylic acid groups (broad SMARTS) is 1. The summed E-state index contributed by atoms with van der Waals surface area (Å²) in [6, 6.07) is 28.4. The van der Waals surface area contributed by atoms with Gasteiger partial charge in [0.2, 0.25) is 0 Å². The average Bonchev–Trinajstić information content (AvgIpc) is 3.28. The van der Waals surface area contributed by atoms with Crippen LogP contribution in [-0.4, -0.2) is 56.6 Å². The molecule has 0 unspecified atom stereocenters. The van der Waals surface area contributed by atoms with Crippen LogP contribution in [0.3, 0.4) is 0 Å². The summed E-state index contributed by atoms with van der Waals surface area (Å²) in [5.41, 5.74) is 6.00. The van der Waals surface area contributed by atoms with Crippen molar-refractivity contribution in [2.24, 2.45) is 0 Å². The molecule has 0 spiro atoms. The van der Waals surface area contributed by atoms with E-state index in [1.807, 2.05) is 10.9 Å². The Morgan fingerprint density at radius 1 is 0.886 bits per heavy atom. The van der Waals surface area contributed by atoms with Gasteiger partial charge in [0.15, 0.2) is 0 Å². The molecular formula is C29H32N4O2. The summed E-state index contributed by atoms with van der Waals surface area (Å²) < 4.78 is 2.05. The molecule has 1 aromatic heterocycles. The number of hydrogen-bond donors (Lipinski definition) is 1. The van der Waals surface area contributed by atoms with Crippen molar-refractivity contribution < 1.29 is 9.90 Å². The molecule has 1 aliphatic heterocycles. The molecule has 0 saturated carbocycles. The highest BCUT2D eigenvalue weighted by Crippen LogP contribution is 2.29. The Bertz CT molecular complexity index is 1210. The van der Waals surface area contributed by atoms with Crippen LogP contribution in [0.4, 0.5) is 0 Å². The predicted octanol–water partition coefficient (Wildman–Crippen LogP) is 4.81. The third-order valence-electron chi connectivity index (χ3n) is 6.88. The summed E-state index contributed by atoms with van der Waals surface area (Å²) in [5.74, 6) is -0.754. The maximum absolute atomic E-state index is 10.8. The molecule has 5 rings (SSSR count). The predicted molar refractivity (Wildman–Crippen MR) is 138 cm³/mol. The summed E-state index contributed by atoms with van der Waals surface area (Å²) in [5, 5.41) is 8.88. The Hall–Kier alpha value is -3.48. The molecule has 1 N–H and O–H groups in total. The Morgan fingerprint density at radius 2 is 1.54 bits per heavy atom. The van der Waals surface area contributed by atoms with Crippen LogP contribution in [0, 0.1) is 0 Å². The lowest BCUT2D eigenvalue weighted by Crippen LogP contribution is -2.47. The zero-order chi connectivity index (χ0) is 24.0. The van der Waals surface area contributed by atoms with Gasteiger partial charge in [0.1, 0.15) is 0 Å². The van der Waals surface area contributed by atoms with E-state index in [1.54, 1.807) is 0 Å². The number of rotatable bonds is 9. The highest BCUT2D eigenvalue weighted by molar-refractivity contribution is 5.76. The van der Waals surface area contributed by atoms with Crippen molar-refractivity contribution in [3.63, 3.8) is 0 Å². The number of aromatic nitrogens is 2. The van der Waals surface area contributed by atoms with Gasteiger partial charge in [-0.05, 0) is 35.2 Å². The van der Waals surface area contributed by atoms with Crippen molar-refractivity contribution >= 4 is 17.0 Å². The average molecular weight is 469 g/mol. The zero-order valence-electron chi connectivity index (χ0n) is 20.0. The van der Waals surface area contributed by atoms with E-state index in [0.29, 0.717) is 13.0 Å². The Balaban J connectivity index is 1.23. The maximum Gasteiger partial charge on any atom is 0.303 e. The second-order valence-electron chi connectivity index (χ2n) is 9.29. The van der Waals surface area contributed by atoms with Crippen LogP contribution >= 0.6 is 0 Å². The topological polar surface area (TPSA) is 61.6 Å². The van der Waals surface area contributed by atoms with Crippen LogP contribution in [0.1, 0.15) is 35.6 Å². The standard InChI is InChI=1S/C29H32N4O2/c34-28(35)12-7-15-33-22-30-26-20-23(13-14-27(26)33)21-31-16-18-32(19-17-31)29(24-8-3-1-4-9-24)25-10-5-2-6-11-25/h1-6,8-11,13-14,20,22,29H,7,12,15-19,21H2,(H,34,35). The van der Waals surface area contributed by atoms with Crippen molar-refractivity contribution in [1.82, 2.24) is 19.4 Å². The molecule has 1 aliphatic rings. The Morgan fingerprint density at radius 3 is 2.17 bits per heavy atom. The SMILES string of the molecule is O=C(O)CCCn1cnc2cc(CN3CCN(C(c4ccccc4)c4ccccc4)CC3)ccc21. The van der Waals surface area contributed by atoms with Crippen molar-refractivity contribution in [2.75, 3.05) is 26.2 Å². The van der Waals surface area contributed by atoms with Gasteiger partial charge in [0, 0.05) is 45.7 Å². The Labute approximate surface area is 206 Å². The molecule has 0 radical (unpaired) electrons. The quantitative estimate of drug-likeness (QED) is 0.382. The molecule has 180 valence electrons. The fraction of sp³-hybridized carbons (Fsp3) is 0.310. The molecule has 0 amide bonds. The van der Waals surface area contributed by atoms with Crippen LogP contribution in [-0.2, 0) is 17.9 Å². The molecule has 1 fully saturated rings. The molecule has 0 atom stereocenters. The lowest BCUT2D eigenvalue weighted by atomic mass is 9.96. The first-order valence-corrected chi connectivity index (χ1v) is 12.4. The fourth-order valence-corrected chi connectivity index (χ4v) is 5.11. The minimum atomic E-state index is -0.754. The molecule has 0 bridgehead atoms. The second-order valence-corrected chi connectivity index (χ2v) is 9.29. The maximum atomic E-state index is 10.8. The molecule has 6 nitrogen and oxygen atoms in total. The minimum absolute atomic E-state index is 0.180. The first-order valence-electron chi connectivity index (χ1n) is 12.4.